The summed E-state index contributed by atoms with van der Waals surface area (Å²) >= 11 is 0. The maximum absolute atomic E-state index is 10.2. The lowest BCUT2D eigenvalue weighted by Crippen LogP contribution is -1.89. The van der Waals surface area contributed by atoms with Crippen molar-refractivity contribution in [2.45, 2.75) is 12.8 Å². The molecular weight excluding hydrogens is 164 g/mol. The first kappa shape index (κ1) is 9.52. The van der Waals surface area contributed by atoms with Gasteiger partial charge in [0.15, 0.2) is 0 Å². The number of carbonyl (C=O) groups excluding carboxylic acids is 1. The molecule has 0 amide bonds. The molecule has 0 aliphatic rings. The van der Waals surface area contributed by atoms with Crippen LogP contribution in [0.2, 0.25) is 0 Å². The highest BCUT2D eigenvalue weighted by atomic mass is 16.3. The Morgan fingerprint density at radius 2 is 2.15 bits per heavy atom. The number of phenolic OH excluding ortho intramolecular Hbond substituents is 1. The van der Waals surface area contributed by atoms with Gasteiger partial charge in [-0.2, -0.15) is 0 Å². The van der Waals surface area contributed by atoms with Crippen molar-refractivity contribution in [3.05, 3.63) is 42.0 Å². The Kier molecular flexibility index (Phi) is 3.26. The van der Waals surface area contributed by atoms with Crippen molar-refractivity contribution in [3.8, 4) is 5.75 Å². The second-order valence-electron chi connectivity index (χ2n) is 2.83. The fraction of sp³-hybridized carbons (Fsp3) is 0.182. The van der Waals surface area contributed by atoms with Crippen LogP contribution in [-0.4, -0.2) is 11.4 Å². The predicted octanol–water partition coefficient (Wildman–Crippen LogP) is 1.86. The molecule has 1 aromatic carbocycles. The van der Waals surface area contributed by atoms with E-state index in [-0.39, 0.29) is 5.75 Å². The zero-order valence-corrected chi connectivity index (χ0v) is 7.36. The second kappa shape index (κ2) is 4.45. The van der Waals surface area contributed by atoms with Crippen LogP contribution in [0.15, 0.2) is 30.9 Å². The molecule has 0 aliphatic carbocycles. The topological polar surface area (TPSA) is 37.3 Å². The molecule has 2 nitrogen and oxygen atoms in total. The number of aromatic hydroxyl groups is 1. The molecular formula is C11H12O2. The van der Waals surface area contributed by atoms with Crippen LogP contribution in [0.5, 0.6) is 5.75 Å². The summed E-state index contributed by atoms with van der Waals surface area (Å²) in [5.41, 5.74) is 1.74. The minimum absolute atomic E-state index is 0.259. The average Bonchev–Trinajstić information content (AvgIpc) is 2.12. The Bertz CT molecular complexity index is 316. The number of allylic oxidation sites excluding steroid dienone is 1. The number of benzene rings is 1. The number of aldehydes is 1. The third-order valence-corrected chi connectivity index (χ3v) is 1.83. The molecule has 0 aromatic heterocycles. The number of hydrogen-bond donors (Lipinski definition) is 1. The van der Waals surface area contributed by atoms with Crippen LogP contribution in [0.4, 0.5) is 0 Å². The molecule has 0 radical (unpaired) electrons. The lowest BCUT2D eigenvalue weighted by Gasteiger charge is -2.03. The quantitative estimate of drug-likeness (QED) is 0.561. The molecule has 0 fully saturated rings. The molecule has 1 rings (SSSR count). The molecule has 0 unspecified atom stereocenters. The van der Waals surface area contributed by atoms with E-state index >= 15 is 0 Å². The van der Waals surface area contributed by atoms with E-state index in [0.717, 1.165) is 17.4 Å². The molecule has 0 aliphatic heterocycles. The van der Waals surface area contributed by atoms with E-state index in [4.69, 9.17) is 0 Å². The second-order valence-corrected chi connectivity index (χ2v) is 2.83. The number of phenols is 1. The van der Waals surface area contributed by atoms with Gasteiger partial charge in [0, 0.05) is 6.42 Å². The summed E-state index contributed by atoms with van der Waals surface area (Å²) in [6.45, 7) is 3.59. The summed E-state index contributed by atoms with van der Waals surface area (Å²) < 4.78 is 0. The van der Waals surface area contributed by atoms with Crippen molar-refractivity contribution < 1.29 is 9.90 Å². The molecule has 0 bridgehead atoms. The molecule has 1 aromatic rings. The molecule has 0 spiro atoms. The highest BCUT2D eigenvalue weighted by Crippen LogP contribution is 2.19. The minimum atomic E-state index is 0.259. The number of carbonyl (C=O) groups is 1. The van der Waals surface area contributed by atoms with Gasteiger partial charge in [-0.3, -0.25) is 0 Å². The summed E-state index contributed by atoms with van der Waals surface area (Å²) in [6.07, 6.45) is 3.59. The Labute approximate surface area is 77.5 Å². The Morgan fingerprint density at radius 3 is 2.77 bits per heavy atom. The van der Waals surface area contributed by atoms with Gasteiger partial charge in [0.2, 0.25) is 0 Å². The Balaban J connectivity index is 2.95. The summed E-state index contributed by atoms with van der Waals surface area (Å²) in [5.74, 6) is 0.259. The van der Waals surface area contributed by atoms with E-state index in [2.05, 4.69) is 6.58 Å². The molecule has 0 atom stereocenters. The van der Waals surface area contributed by atoms with Crippen molar-refractivity contribution in [2.75, 3.05) is 0 Å². The Morgan fingerprint density at radius 1 is 1.38 bits per heavy atom. The average molecular weight is 176 g/mol. The van der Waals surface area contributed by atoms with Crippen LogP contribution in [0.3, 0.4) is 0 Å². The van der Waals surface area contributed by atoms with Gasteiger partial charge < -0.3 is 9.90 Å². The molecule has 1 N–H and O–H groups in total. The van der Waals surface area contributed by atoms with E-state index in [1.54, 1.807) is 18.2 Å². The lowest BCUT2D eigenvalue weighted by molar-refractivity contribution is -0.107. The summed E-state index contributed by atoms with van der Waals surface area (Å²) in [6, 6.07) is 5.18. The van der Waals surface area contributed by atoms with E-state index in [1.165, 1.54) is 0 Å². The zero-order chi connectivity index (χ0) is 9.68. The Hall–Kier alpha value is -1.57. The van der Waals surface area contributed by atoms with Crippen LogP contribution < -0.4 is 0 Å². The van der Waals surface area contributed by atoms with Crippen LogP contribution in [-0.2, 0) is 17.6 Å². The van der Waals surface area contributed by atoms with Gasteiger partial charge in [-0.05, 0) is 23.6 Å². The van der Waals surface area contributed by atoms with Crippen molar-refractivity contribution in [2.24, 2.45) is 0 Å². The van der Waals surface area contributed by atoms with Crippen molar-refractivity contribution in [1.29, 1.82) is 0 Å². The standard InChI is InChI=1S/C11H12O2/c1-2-3-10-8-9(6-7-12)4-5-11(10)13/h2,4-5,7-8,13H,1,3,6H2. The third-order valence-electron chi connectivity index (χ3n) is 1.83. The molecule has 13 heavy (non-hydrogen) atoms. The normalized spacial score (nSPS) is 9.54. The van der Waals surface area contributed by atoms with Gasteiger partial charge in [-0.1, -0.05) is 18.2 Å². The van der Waals surface area contributed by atoms with Gasteiger partial charge in [0.1, 0.15) is 12.0 Å². The summed E-state index contributed by atoms with van der Waals surface area (Å²) in [5, 5.41) is 9.40. The maximum Gasteiger partial charge on any atom is 0.124 e. The monoisotopic (exact) mass is 176 g/mol. The molecule has 0 saturated carbocycles. The van der Waals surface area contributed by atoms with E-state index in [9.17, 15) is 9.90 Å². The molecule has 2 heteroatoms. The first-order valence-electron chi connectivity index (χ1n) is 4.13. The minimum Gasteiger partial charge on any atom is -0.508 e. The van der Waals surface area contributed by atoms with Crippen LogP contribution in [0, 0.1) is 0 Å². The molecule has 0 saturated heterocycles. The summed E-state index contributed by atoms with van der Waals surface area (Å²) in [7, 11) is 0. The van der Waals surface area contributed by atoms with Gasteiger partial charge in [0.05, 0.1) is 0 Å². The van der Waals surface area contributed by atoms with Gasteiger partial charge in [0.25, 0.3) is 0 Å². The highest BCUT2D eigenvalue weighted by molar-refractivity contribution is 5.55. The van der Waals surface area contributed by atoms with Crippen molar-refractivity contribution >= 4 is 6.29 Å². The molecule has 0 heterocycles. The van der Waals surface area contributed by atoms with Crippen LogP contribution in [0.1, 0.15) is 11.1 Å². The number of hydrogen-bond acceptors (Lipinski definition) is 2. The lowest BCUT2D eigenvalue weighted by atomic mass is 10.1. The van der Waals surface area contributed by atoms with Gasteiger partial charge >= 0.3 is 0 Å². The third kappa shape index (κ3) is 2.44. The smallest absolute Gasteiger partial charge is 0.124 e. The van der Waals surface area contributed by atoms with E-state index in [1.807, 2.05) is 6.07 Å². The van der Waals surface area contributed by atoms with Crippen molar-refractivity contribution in [1.82, 2.24) is 0 Å². The zero-order valence-electron chi connectivity index (χ0n) is 7.36. The fourth-order valence-electron chi connectivity index (χ4n) is 1.18. The fourth-order valence-corrected chi connectivity index (χ4v) is 1.18. The maximum atomic E-state index is 10.2. The molecule has 68 valence electrons. The van der Waals surface area contributed by atoms with E-state index < -0.39 is 0 Å². The highest BCUT2D eigenvalue weighted by Gasteiger charge is 2.00. The van der Waals surface area contributed by atoms with Crippen LogP contribution in [0.25, 0.3) is 0 Å². The van der Waals surface area contributed by atoms with Gasteiger partial charge in [-0.25, -0.2) is 0 Å². The first-order chi connectivity index (χ1) is 6.27. The first-order valence-corrected chi connectivity index (χ1v) is 4.13. The van der Waals surface area contributed by atoms with Crippen LogP contribution >= 0.6 is 0 Å². The largest absolute Gasteiger partial charge is 0.508 e. The van der Waals surface area contributed by atoms with E-state index in [0.29, 0.717) is 12.8 Å². The SMILES string of the molecule is C=CCc1cc(CC=O)ccc1O. The predicted molar refractivity (Wildman–Crippen MR) is 51.8 cm³/mol. The van der Waals surface area contributed by atoms with Crippen molar-refractivity contribution in [3.63, 3.8) is 0 Å². The number of rotatable bonds is 4. The van der Waals surface area contributed by atoms with Gasteiger partial charge in [-0.15, -0.1) is 6.58 Å². The summed E-state index contributed by atoms with van der Waals surface area (Å²) in [4.78, 5) is 10.2.